The van der Waals surface area contributed by atoms with Gasteiger partial charge in [-0.1, -0.05) is 29.8 Å². The summed E-state index contributed by atoms with van der Waals surface area (Å²) in [5.74, 6) is -0.416. The monoisotopic (exact) mass is 320 g/mol. The van der Waals surface area contributed by atoms with E-state index in [4.69, 9.17) is 11.6 Å². The molecule has 2 N–H and O–H groups in total. The minimum Gasteiger partial charge on any atom is -0.386 e. The first-order valence-corrected chi connectivity index (χ1v) is 7.18. The van der Waals surface area contributed by atoms with E-state index in [-0.39, 0.29) is 11.3 Å². The molecule has 5 nitrogen and oxygen atoms in total. The SMILES string of the molecule is CC(NC(=O)c1cccc(=O)n1C)C(O)c1ccc(Cl)cc1. The van der Waals surface area contributed by atoms with E-state index in [1.807, 2.05) is 0 Å². The molecular weight excluding hydrogens is 304 g/mol. The number of hydrogen-bond donors (Lipinski definition) is 2. The highest BCUT2D eigenvalue weighted by Crippen LogP contribution is 2.19. The Bertz CT molecular complexity index is 725. The number of carbonyl (C=O) groups excluding carboxylic acids is 1. The van der Waals surface area contributed by atoms with Gasteiger partial charge in [0.1, 0.15) is 5.69 Å². The van der Waals surface area contributed by atoms with Gasteiger partial charge in [-0.2, -0.15) is 0 Å². The molecule has 1 aromatic heterocycles. The molecule has 0 fully saturated rings. The molecule has 0 saturated carbocycles. The summed E-state index contributed by atoms with van der Waals surface area (Å²) in [6.45, 7) is 1.69. The van der Waals surface area contributed by atoms with Crippen molar-refractivity contribution in [2.45, 2.75) is 19.1 Å². The van der Waals surface area contributed by atoms with E-state index in [1.54, 1.807) is 37.3 Å². The van der Waals surface area contributed by atoms with Crippen LogP contribution in [-0.2, 0) is 7.05 Å². The lowest BCUT2D eigenvalue weighted by Gasteiger charge is -2.21. The summed E-state index contributed by atoms with van der Waals surface area (Å²) in [4.78, 5) is 23.8. The van der Waals surface area contributed by atoms with E-state index >= 15 is 0 Å². The van der Waals surface area contributed by atoms with E-state index in [0.717, 1.165) is 0 Å². The first-order chi connectivity index (χ1) is 10.4. The second kappa shape index (κ2) is 6.77. The Hall–Kier alpha value is -2.11. The van der Waals surface area contributed by atoms with Gasteiger partial charge in [0.25, 0.3) is 11.5 Å². The molecule has 0 saturated heterocycles. The zero-order valence-corrected chi connectivity index (χ0v) is 13.0. The largest absolute Gasteiger partial charge is 0.386 e. The van der Waals surface area contributed by atoms with E-state index < -0.39 is 18.1 Å². The number of aliphatic hydroxyl groups is 1. The lowest BCUT2D eigenvalue weighted by molar-refractivity contribution is 0.0843. The first-order valence-electron chi connectivity index (χ1n) is 6.80. The number of pyridine rings is 1. The Morgan fingerprint density at radius 1 is 1.23 bits per heavy atom. The summed E-state index contributed by atoms with van der Waals surface area (Å²) in [6.07, 6.45) is -0.873. The molecule has 1 aromatic carbocycles. The maximum Gasteiger partial charge on any atom is 0.268 e. The van der Waals surface area contributed by atoms with Gasteiger partial charge in [0, 0.05) is 18.1 Å². The van der Waals surface area contributed by atoms with Crippen molar-refractivity contribution in [1.29, 1.82) is 0 Å². The minimum absolute atomic E-state index is 0.239. The van der Waals surface area contributed by atoms with Gasteiger partial charge in [-0.25, -0.2) is 0 Å². The third-order valence-corrected chi connectivity index (χ3v) is 3.71. The van der Waals surface area contributed by atoms with Gasteiger partial charge in [-0.15, -0.1) is 0 Å². The number of hydrogen-bond acceptors (Lipinski definition) is 3. The number of nitrogens with zero attached hydrogens (tertiary/aromatic N) is 1. The third kappa shape index (κ3) is 3.55. The smallest absolute Gasteiger partial charge is 0.268 e. The predicted molar refractivity (Wildman–Crippen MR) is 85.0 cm³/mol. The molecule has 2 rings (SSSR count). The summed E-state index contributed by atoms with van der Waals surface area (Å²) in [6, 6.07) is 10.7. The second-order valence-electron chi connectivity index (χ2n) is 5.07. The maximum atomic E-state index is 12.2. The highest BCUT2D eigenvalue weighted by atomic mass is 35.5. The van der Waals surface area contributed by atoms with Crippen molar-refractivity contribution in [1.82, 2.24) is 9.88 Å². The number of rotatable bonds is 4. The predicted octanol–water partition coefficient (Wildman–Crippen LogP) is 1.89. The van der Waals surface area contributed by atoms with Gasteiger partial charge in [0.2, 0.25) is 0 Å². The van der Waals surface area contributed by atoms with Crippen LogP contribution in [0.4, 0.5) is 0 Å². The fourth-order valence-electron chi connectivity index (χ4n) is 2.10. The lowest BCUT2D eigenvalue weighted by atomic mass is 10.0. The quantitative estimate of drug-likeness (QED) is 0.903. The van der Waals surface area contributed by atoms with Gasteiger partial charge in [0.15, 0.2) is 0 Å². The Kier molecular flexibility index (Phi) is 5.00. The molecule has 0 spiro atoms. The van der Waals surface area contributed by atoms with E-state index in [2.05, 4.69) is 5.32 Å². The summed E-state index contributed by atoms with van der Waals surface area (Å²) in [5.41, 5.74) is 0.625. The number of nitrogens with one attached hydrogen (secondary N) is 1. The highest BCUT2D eigenvalue weighted by molar-refractivity contribution is 6.30. The van der Waals surface area contributed by atoms with Crippen LogP contribution in [0, 0.1) is 0 Å². The van der Waals surface area contributed by atoms with Crippen molar-refractivity contribution in [2.24, 2.45) is 7.05 Å². The molecule has 0 aliphatic carbocycles. The Morgan fingerprint density at radius 3 is 2.50 bits per heavy atom. The second-order valence-corrected chi connectivity index (χ2v) is 5.50. The molecule has 0 aliphatic rings. The molecule has 1 amide bonds. The highest BCUT2D eigenvalue weighted by Gasteiger charge is 2.20. The molecule has 0 radical (unpaired) electrons. The average Bonchev–Trinajstić information content (AvgIpc) is 2.50. The van der Waals surface area contributed by atoms with Crippen LogP contribution in [0.25, 0.3) is 0 Å². The van der Waals surface area contributed by atoms with Gasteiger partial charge in [-0.05, 0) is 30.7 Å². The molecule has 2 aromatic rings. The van der Waals surface area contributed by atoms with Gasteiger partial charge < -0.3 is 15.0 Å². The van der Waals surface area contributed by atoms with Gasteiger partial charge >= 0.3 is 0 Å². The zero-order chi connectivity index (χ0) is 16.3. The number of aromatic nitrogens is 1. The zero-order valence-electron chi connectivity index (χ0n) is 12.3. The molecule has 2 unspecified atom stereocenters. The maximum absolute atomic E-state index is 12.2. The average molecular weight is 321 g/mol. The summed E-state index contributed by atoms with van der Waals surface area (Å²) in [5, 5.41) is 13.5. The fraction of sp³-hybridized carbons (Fsp3) is 0.250. The van der Waals surface area contributed by atoms with Crippen molar-refractivity contribution in [3.63, 3.8) is 0 Å². The van der Waals surface area contributed by atoms with E-state index in [1.165, 1.54) is 23.7 Å². The molecule has 0 bridgehead atoms. The number of aliphatic hydroxyl groups excluding tert-OH is 1. The number of carbonyl (C=O) groups is 1. The first kappa shape index (κ1) is 16.3. The molecule has 116 valence electrons. The number of benzene rings is 1. The molecule has 6 heteroatoms. The van der Waals surface area contributed by atoms with Crippen LogP contribution in [0.2, 0.25) is 5.02 Å². The van der Waals surface area contributed by atoms with Gasteiger partial charge in [-0.3, -0.25) is 9.59 Å². The molecule has 0 aliphatic heterocycles. The Balaban J connectivity index is 2.12. The summed E-state index contributed by atoms with van der Waals surface area (Å²) in [7, 11) is 1.53. The van der Waals surface area contributed by atoms with Crippen LogP contribution in [0.3, 0.4) is 0 Å². The molecule has 2 atom stereocenters. The van der Waals surface area contributed by atoms with Crippen LogP contribution in [0.15, 0.2) is 47.3 Å². The molecular formula is C16H17ClN2O3. The van der Waals surface area contributed by atoms with Crippen molar-refractivity contribution in [2.75, 3.05) is 0 Å². The summed E-state index contributed by atoms with van der Waals surface area (Å²) < 4.78 is 1.26. The Morgan fingerprint density at radius 2 is 1.86 bits per heavy atom. The van der Waals surface area contributed by atoms with Crippen LogP contribution < -0.4 is 10.9 Å². The normalized spacial score (nSPS) is 13.5. The van der Waals surface area contributed by atoms with Crippen LogP contribution >= 0.6 is 11.6 Å². The molecule has 22 heavy (non-hydrogen) atoms. The lowest BCUT2D eigenvalue weighted by Crippen LogP contribution is -2.39. The van der Waals surface area contributed by atoms with Crippen molar-refractivity contribution >= 4 is 17.5 Å². The standard InChI is InChI=1S/C16H17ClN2O3/c1-10(15(21)11-6-8-12(17)9-7-11)18-16(22)13-4-3-5-14(20)19(13)2/h3-10,15,21H,1-2H3,(H,18,22). The van der Waals surface area contributed by atoms with Crippen LogP contribution in [-0.4, -0.2) is 21.6 Å². The van der Waals surface area contributed by atoms with E-state index in [9.17, 15) is 14.7 Å². The molecule has 1 heterocycles. The number of amides is 1. The summed E-state index contributed by atoms with van der Waals surface area (Å²) >= 11 is 5.81. The topological polar surface area (TPSA) is 71.3 Å². The van der Waals surface area contributed by atoms with Crippen molar-refractivity contribution < 1.29 is 9.90 Å². The van der Waals surface area contributed by atoms with Crippen molar-refractivity contribution in [3.05, 3.63) is 69.1 Å². The van der Waals surface area contributed by atoms with Crippen molar-refractivity contribution in [3.8, 4) is 0 Å². The third-order valence-electron chi connectivity index (χ3n) is 3.46. The minimum atomic E-state index is -0.873. The number of halogens is 1. The van der Waals surface area contributed by atoms with E-state index in [0.29, 0.717) is 10.6 Å². The van der Waals surface area contributed by atoms with Crippen LogP contribution in [0.1, 0.15) is 29.1 Å². The van der Waals surface area contributed by atoms with Gasteiger partial charge in [0.05, 0.1) is 12.1 Å². The Labute approximate surface area is 133 Å². The fourth-order valence-corrected chi connectivity index (χ4v) is 2.23. The van der Waals surface area contributed by atoms with Crippen LogP contribution in [0.5, 0.6) is 0 Å².